The minimum atomic E-state index is 0.158. The summed E-state index contributed by atoms with van der Waals surface area (Å²) in [7, 11) is 0. The number of piperidine rings is 1. The standard InChI is InChI=1S/C24H32N4OS/c1-3-21-16-22(28-15-5-4-8-18(28)2)26-24(25-21)30-17-19-9-11-20(12-10-19)23(29)27-13-6-7-14-27/h9-12,16,18H,3-8,13-15,17H2,1-2H3/t18-/m0/s1. The molecular formula is C24H32N4OS. The fourth-order valence-corrected chi connectivity index (χ4v) is 5.11. The zero-order chi connectivity index (χ0) is 20.9. The summed E-state index contributed by atoms with van der Waals surface area (Å²) >= 11 is 1.68. The van der Waals surface area contributed by atoms with Crippen molar-refractivity contribution in [1.82, 2.24) is 14.9 Å². The Bertz CT molecular complexity index is 864. The molecule has 2 aromatic rings. The molecule has 160 valence electrons. The van der Waals surface area contributed by atoms with Crippen LogP contribution >= 0.6 is 11.8 Å². The zero-order valence-corrected chi connectivity index (χ0v) is 19.0. The van der Waals surface area contributed by atoms with Crippen LogP contribution in [0.2, 0.25) is 0 Å². The normalized spacial score (nSPS) is 19.3. The second-order valence-electron chi connectivity index (χ2n) is 8.38. The van der Waals surface area contributed by atoms with Crippen LogP contribution in [0, 0.1) is 0 Å². The number of rotatable bonds is 6. The number of hydrogen-bond donors (Lipinski definition) is 0. The van der Waals surface area contributed by atoms with Crippen LogP contribution in [0.1, 0.15) is 67.6 Å². The third kappa shape index (κ3) is 4.97. The molecule has 2 aliphatic heterocycles. The molecule has 3 heterocycles. The lowest BCUT2D eigenvalue weighted by Gasteiger charge is -2.34. The average Bonchev–Trinajstić information content (AvgIpc) is 3.32. The minimum Gasteiger partial charge on any atom is -0.354 e. The highest BCUT2D eigenvalue weighted by Gasteiger charge is 2.21. The first-order valence-electron chi connectivity index (χ1n) is 11.3. The van der Waals surface area contributed by atoms with E-state index in [-0.39, 0.29) is 5.91 Å². The van der Waals surface area contributed by atoms with Crippen molar-refractivity contribution in [1.29, 1.82) is 0 Å². The first-order chi connectivity index (χ1) is 14.6. The van der Waals surface area contributed by atoms with Crippen LogP contribution in [-0.2, 0) is 12.2 Å². The number of amides is 1. The van der Waals surface area contributed by atoms with Gasteiger partial charge in [0.1, 0.15) is 5.82 Å². The van der Waals surface area contributed by atoms with Crippen LogP contribution in [0.25, 0.3) is 0 Å². The van der Waals surface area contributed by atoms with Crippen LogP contribution < -0.4 is 4.90 Å². The van der Waals surface area contributed by atoms with Gasteiger partial charge in [-0.2, -0.15) is 0 Å². The van der Waals surface area contributed by atoms with E-state index in [0.29, 0.717) is 6.04 Å². The van der Waals surface area contributed by atoms with Crippen molar-refractivity contribution in [3.8, 4) is 0 Å². The number of carbonyl (C=O) groups is 1. The smallest absolute Gasteiger partial charge is 0.253 e. The molecule has 1 aromatic carbocycles. The molecule has 0 spiro atoms. The number of aryl methyl sites for hydroxylation is 1. The topological polar surface area (TPSA) is 49.3 Å². The van der Waals surface area contributed by atoms with Crippen molar-refractivity contribution in [3.63, 3.8) is 0 Å². The van der Waals surface area contributed by atoms with Crippen LogP contribution in [0.3, 0.4) is 0 Å². The Morgan fingerprint density at radius 2 is 1.80 bits per heavy atom. The molecule has 6 heteroatoms. The van der Waals surface area contributed by atoms with Gasteiger partial charge in [-0.15, -0.1) is 0 Å². The van der Waals surface area contributed by atoms with E-state index in [1.54, 1.807) is 11.8 Å². The molecule has 2 aliphatic rings. The molecule has 2 saturated heterocycles. The Kier molecular flexibility index (Phi) is 6.93. The largest absolute Gasteiger partial charge is 0.354 e. The lowest BCUT2D eigenvalue weighted by atomic mass is 10.0. The van der Waals surface area contributed by atoms with Gasteiger partial charge in [0, 0.05) is 48.8 Å². The first kappa shape index (κ1) is 21.2. The highest BCUT2D eigenvalue weighted by Crippen LogP contribution is 2.27. The van der Waals surface area contributed by atoms with Crippen molar-refractivity contribution < 1.29 is 4.79 Å². The van der Waals surface area contributed by atoms with Gasteiger partial charge in [0.2, 0.25) is 0 Å². The maximum absolute atomic E-state index is 12.5. The third-order valence-electron chi connectivity index (χ3n) is 6.17. The lowest BCUT2D eigenvalue weighted by molar-refractivity contribution is 0.0793. The summed E-state index contributed by atoms with van der Waals surface area (Å²) in [5, 5.41) is 0.847. The summed E-state index contributed by atoms with van der Waals surface area (Å²) in [5.74, 6) is 2.04. The van der Waals surface area contributed by atoms with Crippen LogP contribution in [0.15, 0.2) is 35.5 Å². The molecular weight excluding hydrogens is 392 g/mol. The second kappa shape index (κ2) is 9.82. The van der Waals surface area contributed by atoms with Gasteiger partial charge >= 0.3 is 0 Å². The van der Waals surface area contributed by atoms with Crippen molar-refractivity contribution in [2.45, 2.75) is 69.3 Å². The molecule has 0 saturated carbocycles. The summed E-state index contributed by atoms with van der Waals surface area (Å²) in [4.78, 5) is 26.5. The molecule has 1 atom stereocenters. The number of benzene rings is 1. The SMILES string of the molecule is CCc1cc(N2CCCC[C@@H]2C)nc(SCc2ccc(C(=O)N3CCCC3)cc2)n1. The number of likely N-dealkylation sites (tertiary alicyclic amines) is 1. The first-order valence-corrected chi connectivity index (χ1v) is 12.3. The van der Waals surface area contributed by atoms with Gasteiger partial charge in [0.25, 0.3) is 5.91 Å². The van der Waals surface area contributed by atoms with Crippen LogP contribution in [-0.4, -0.2) is 46.5 Å². The van der Waals surface area contributed by atoms with Crippen molar-refractivity contribution in [2.24, 2.45) is 0 Å². The van der Waals surface area contributed by atoms with Crippen molar-refractivity contribution in [2.75, 3.05) is 24.5 Å². The van der Waals surface area contributed by atoms with E-state index >= 15 is 0 Å². The number of carbonyl (C=O) groups excluding carboxylic acids is 1. The molecule has 5 nitrogen and oxygen atoms in total. The predicted octanol–water partition coefficient (Wildman–Crippen LogP) is 4.95. The molecule has 0 aliphatic carbocycles. The Morgan fingerprint density at radius 3 is 2.50 bits per heavy atom. The summed E-state index contributed by atoms with van der Waals surface area (Å²) in [5.41, 5.74) is 3.08. The van der Waals surface area contributed by atoms with Crippen LogP contribution in [0.4, 0.5) is 5.82 Å². The van der Waals surface area contributed by atoms with E-state index in [0.717, 1.165) is 66.9 Å². The average molecular weight is 425 g/mol. The zero-order valence-electron chi connectivity index (χ0n) is 18.1. The van der Waals surface area contributed by atoms with Gasteiger partial charge in [0.05, 0.1) is 0 Å². The molecule has 1 aromatic heterocycles. The molecule has 2 fully saturated rings. The van der Waals surface area contributed by atoms with E-state index in [9.17, 15) is 4.79 Å². The van der Waals surface area contributed by atoms with E-state index in [2.05, 4.69) is 36.9 Å². The minimum absolute atomic E-state index is 0.158. The number of anilines is 1. The number of hydrogen-bond acceptors (Lipinski definition) is 5. The number of thioether (sulfide) groups is 1. The van der Waals surface area contributed by atoms with Gasteiger partial charge in [-0.05, 0) is 63.1 Å². The van der Waals surface area contributed by atoms with E-state index < -0.39 is 0 Å². The molecule has 1 amide bonds. The van der Waals surface area contributed by atoms with E-state index in [1.807, 2.05) is 17.0 Å². The lowest BCUT2D eigenvalue weighted by Crippen LogP contribution is -2.38. The Labute approximate surface area is 184 Å². The number of nitrogens with zero attached hydrogens (tertiary/aromatic N) is 4. The van der Waals surface area contributed by atoms with Gasteiger partial charge in [-0.25, -0.2) is 9.97 Å². The molecule has 0 bridgehead atoms. The fraction of sp³-hybridized carbons (Fsp3) is 0.542. The number of aromatic nitrogens is 2. The summed E-state index contributed by atoms with van der Waals surface area (Å²) in [6, 6.07) is 10.7. The van der Waals surface area contributed by atoms with Gasteiger partial charge in [-0.3, -0.25) is 4.79 Å². The highest BCUT2D eigenvalue weighted by atomic mass is 32.2. The predicted molar refractivity (Wildman–Crippen MR) is 123 cm³/mol. The Balaban J connectivity index is 1.42. The highest BCUT2D eigenvalue weighted by molar-refractivity contribution is 7.98. The van der Waals surface area contributed by atoms with Gasteiger partial charge < -0.3 is 9.80 Å². The summed E-state index contributed by atoms with van der Waals surface area (Å²) < 4.78 is 0. The third-order valence-corrected chi connectivity index (χ3v) is 7.09. The second-order valence-corrected chi connectivity index (χ2v) is 9.32. The summed E-state index contributed by atoms with van der Waals surface area (Å²) in [6.45, 7) is 7.30. The van der Waals surface area contributed by atoms with Crippen LogP contribution in [0.5, 0.6) is 0 Å². The quantitative estimate of drug-likeness (QED) is 0.485. The van der Waals surface area contributed by atoms with E-state index in [1.165, 1.54) is 24.8 Å². The van der Waals surface area contributed by atoms with Gasteiger partial charge in [0.15, 0.2) is 5.16 Å². The van der Waals surface area contributed by atoms with E-state index in [4.69, 9.17) is 9.97 Å². The maximum atomic E-state index is 12.5. The van der Waals surface area contributed by atoms with Gasteiger partial charge in [-0.1, -0.05) is 30.8 Å². The Hall–Kier alpha value is -2.08. The molecule has 0 unspecified atom stereocenters. The molecule has 0 radical (unpaired) electrons. The Morgan fingerprint density at radius 1 is 1.07 bits per heavy atom. The molecule has 4 rings (SSSR count). The molecule has 30 heavy (non-hydrogen) atoms. The van der Waals surface area contributed by atoms with Crippen molar-refractivity contribution >= 4 is 23.5 Å². The van der Waals surface area contributed by atoms with Crippen molar-refractivity contribution in [3.05, 3.63) is 47.2 Å². The fourth-order valence-electron chi connectivity index (χ4n) is 4.28. The summed E-state index contributed by atoms with van der Waals surface area (Å²) in [6.07, 6.45) is 6.93. The monoisotopic (exact) mass is 424 g/mol. The molecule has 0 N–H and O–H groups in total. The maximum Gasteiger partial charge on any atom is 0.253 e.